The van der Waals surface area contributed by atoms with Crippen LogP contribution in [0.2, 0.25) is 0 Å². The van der Waals surface area contributed by atoms with Crippen LogP contribution in [0.5, 0.6) is 0 Å². The first-order valence-corrected chi connectivity index (χ1v) is 7.23. The van der Waals surface area contributed by atoms with E-state index in [-0.39, 0.29) is 11.7 Å². The molecular formula is C16H23N3O2. The molecule has 0 heterocycles. The lowest BCUT2D eigenvalue weighted by Crippen LogP contribution is -2.41. The number of nitrogens with zero attached hydrogens (tertiary/aromatic N) is 1. The van der Waals surface area contributed by atoms with E-state index in [0.29, 0.717) is 24.3 Å². The fourth-order valence-corrected chi connectivity index (χ4v) is 2.52. The standard InChI is InChI=1S/C16H23N3O2/c1-16(2)9-12(16)10-18-15(20)13(14(17)19-21)8-11-6-4-3-5-7-11/h3-7,12-13,21H,8-10H2,1-2H3,(H2,17,19)(H,18,20). The van der Waals surface area contributed by atoms with Crippen molar-refractivity contribution in [2.24, 2.45) is 28.1 Å². The Bertz CT molecular complexity index is 526. The number of nitrogens with one attached hydrogen (secondary N) is 1. The zero-order chi connectivity index (χ0) is 15.5. The quantitative estimate of drug-likeness (QED) is 0.323. The summed E-state index contributed by atoms with van der Waals surface area (Å²) in [5.41, 5.74) is 6.98. The van der Waals surface area contributed by atoms with Gasteiger partial charge >= 0.3 is 0 Å². The van der Waals surface area contributed by atoms with Gasteiger partial charge in [-0.1, -0.05) is 49.3 Å². The highest BCUT2D eigenvalue weighted by Crippen LogP contribution is 2.50. The molecule has 0 bridgehead atoms. The molecule has 114 valence electrons. The smallest absolute Gasteiger partial charge is 0.231 e. The number of rotatable bonds is 6. The van der Waals surface area contributed by atoms with Crippen LogP contribution in [0, 0.1) is 17.3 Å². The Hall–Kier alpha value is -2.04. The summed E-state index contributed by atoms with van der Waals surface area (Å²) in [7, 11) is 0. The average molecular weight is 289 g/mol. The van der Waals surface area contributed by atoms with Gasteiger partial charge in [-0.25, -0.2) is 0 Å². The van der Waals surface area contributed by atoms with Crippen LogP contribution in [0.15, 0.2) is 35.5 Å². The summed E-state index contributed by atoms with van der Waals surface area (Å²) in [5, 5.41) is 14.8. The van der Waals surface area contributed by atoms with Crippen LogP contribution in [-0.2, 0) is 11.2 Å². The van der Waals surface area contributed by atoms with Gasteiger partial charge in [-0.15, -0.1) is 0 Å². The summed E-state index contributed by atoms with van der Waals surface area (Å²) < 4.78 is 0. The Morgan fingerprint density at radius 2 is 2.10 bits per heavy atom. The fraction of sp³-hybridized carbons (Fsp3) is 0.500. The van der Waals surface area contributed by atoms with Crippen molar-refractivity contribution < 1.29 is 10.0 Å². The van der Waals surface area contributed by atoms with E-state index >= 15 is 0 Å². The topological polar surface area (TPSA) is 87.7 Å². The van der Waals surface area contributed by atoms with Crippen molar-refractivity contribution in [1.82, 2.24) is 5.32 Å². The third-order valence-corrected chi connectivity index (χ3v) is 4.31. The van der Waals surface area contributed by atoms with Crippen molar-refractivity contribution in [3.05, 3.63) is 35.9 Å². The van der Waals surface area contributed by atoms with Crippen molar-refractivity contribution in [2.75, 3.05) is 6.54 Å². The fourth-order valence-electron chi connectivity index (χ4n) is 2.52. The first kappa shape index (κ1) is 15.4. The predicted octanol–water partition coefficient (Wildman–Crippen LogP) is 1.75. The molecule has 0 saturated heterocycles. The van der Waals surface area contributed by atoms with E-state index in [9.17, 15) is 4.79 Å². The van der Waals surface area contributed by atoms with E-state index in [2.05, 4.69) is 24.3 Å². The van der Waals surface area contributed by atoms with E-state index in [1.165, 1.54) is 0 Å². The van der Waals surface area contributed by atoms with Gasteiger partial charge in [-0.05, 0) is 29.7 Å². The van der Waals surface area contributed by atoms with E-state index < -0.39 is 5.92 Å². The highest BCUT2D eigenvalue weighted by molar-refractivity contribution is 6.02. The molecule has 2 unspecified atom stereocenters. The highest BCUT2D eigenvalue weighted by Gasteiger charge is 2.45. The van der Waals surface area contributed by atoms with Crippen LogP contribution in [-0.4, -0.2) is 23.5 Å². The number of hydrogen-bond donors (Lipinski definition) is 3. The van der Waals surface area contributed by atoms with E-state index in [0.717, 1.165) is 12.0 Å². The second kappa shape index (κ2) is 6.16. The molecule has 1 aromatic rings. The van der Waals surface area contributed by atoms with Gasteiger partial charge < -0.3 is 16.3 Å². The molecule has 1 fully saturated rings. The molecule has 0 aliphatic heterocycles. The second-order valence-corrected chi connectivity index (χ2v) is 6.40. The highest BCUT2D eigenvalue weighted by atomic mass is 16.4. The number of nitrogens with two attached hydrogens (primary N) is 1. The van der Waals surface area contributed by atoms with Crippen molar-refractivity contribution in [3.63, 3.8) is 0 Å². The number of carbonyl (C=O) groups excluding carboxylic acids is 1. The maximum absolute atomic E-state index is 12.3. The van der Waals surface area contributed by atoms with Crippen LogP contribution in [0.3, 0.4) is 0 Å². The maximum Gasteiger partial charge on any atom is 0.231 e. The van der Waals surface area contributed by atoms with Gasteiger partial charge in [0.05, 0.1) is 0 Å². The van der Waals surface area contributed by atoms with Crippen molar-refractivity contribution in [1.29, 1.82) is 0 Å². The molecule has 1 aromatic carbocycles. The first-order valence-electron chi connectivity index (χ1n) is 7.23. The Balaban J connectivity index is 1.97. The van der Waals surface area contributed by atoms with Crippen molar-refractivity contribution in [2.45, 2.75) is 26.7 Å². The lowest BCUT2D eigenvalue weighted by Gasteiger charge is -2.16. The van der Waals surface area contributed by atoms with Crippen LogP contribution >= 0.6 is 0 Å². The van der Waals surface area contributed by atoms with Gasteiger partial charge in [0.15, 0.2) is 5.84 Å². The van der Waals surface area contributed by atoms with Gasteiger partial charge in [-0.3, -0.25) is 4.79 Å². The number of amidine groups is 1. The van der Waals surface area contributed by atoms with Gasteiger partial charge in [0.1, 0.15) is 5.92 Å². The summed E-state index contributed by atoms with van der Waals surface area (Å²) in [6.07, 6.45) is 1.55. The number of amides is 1. The average Bonchev–Trinajstić information content (AvgIpc) is 3.10. The molecule has 0 radical (unpaired) electrons. The third-order valence-electron chi connectivity index (χ3n) is 4.31. The molecule has 5 nitrogen and oxygen atoms in total. The van der Waals surface area contributed by atoms with Crippen LogP contribution < -0.4 is 11.1 Å². The largest absolute Gasteiger partial charge is 0.409 e. The Morgan fingerprint density at radius 3 is 2.62 bits per heavy atom. The third kappa shape index (κ3) is 3.97. The molecule has 2 rings (SSSR count). The minimum atomic E-state index is -0.640. The summed E-state index contributed by atoms with van der Waals surface area (Å²) >= 11 is 0. The summed E-state index contributed by atoms with van der Waals surface area (Å²) in [6.45, 7) is 5.03. The zero-order valence-electron chi connectivity index (χ0n) is 12.5. The molecule has 1 aliphatic rings. The summed E-state index contributed by atoms with van der Waals surface area (Å²) in [4.78, 5) is 12.3. The molecule has 4 N–H and O–H groups in total. The molecule has 0 aromatic heterocycles. The minimum absolute atomic E-state index is 0.0496. The number of carbonyl (C=O) groups is 1. The summed E-state index contributed by atoms with van der Waals surface area (Å²) in [6, 6.07) is 9.58. The molecule has 0 spiro atoms. The maximum atomic E-state index is 12.3. The van der Waals surface area contributed by atoms with Gasteiger partial charge in [0.25, 0.3) is 0 Å². The SMILES string of the molecule is CC1(C)CC1CNC(=O)C(Cc1ccccc1)/C(N)=N/O. The Morgan fingerprint density at radius 1 is 1.48 bits per heavy atom. The molecule has 1 amide bonds. The molecule has 21 heavy (non-hydrogen) atoms. The zero-order valence-corrected chi connectivity index (χ0v) is 12.5. The minimum Gasteiger partial charge on any atom is -0.409 e. The van der Waals surface area contributed by atoms with E-state index in [1.54, 1.807) is 0 Å². The number of hydrogen-bond acceptors (Lipinski definition) is 3. The van der Waals surface area contributed by atoms with Crippen LogP contribution in [0.25, 0.3) is 0 Å². The molecule has 1 saturated carbocycles. The van der Waals surface area contributed by atoms with Crippen LogP contribution in [0.4, 0.5) is 0 Å². The molecular weight excluding hydrogens is 266 g/mol. The Labute approximate surface area is 125 Å². The number of benzene rings is 1. The number of oxime groups is 1. The second-order valence-electron chi connectivity index (χ2n) is 6.40. The van der Waals surface area contributed by atoms with Crippen molar-refractivity contribution >= 4 is 11.7 Å². The van der Waals surface area contributed by atoms with Gasteiger partial charge in [0.2, 0.25) is 5.91 Å². The molecule has 5 heteroatoms. The lowest BCUT2D eigenvalue weighted by atomic mass is 9.97. The van der Waals surface area contributed by atoms with Crippen LogP contribution in [0.1, 0.15) is 25.8 Å². The Kier molecular flexibility index (Phi) is 4.50. The van der Waals surface area contributed by atoms with Gasteiger partial charge in [-0.2, -0.15) is 0 Å². The van der Waals surface area contributed by atoms with E-state index in [4.69, 9.17) is 10.9 Å². The normalized spacial score (nSPS) is 21.6. The monoisotopic (exact) mass is 289 g/mol. The first-order chi connectivity index (χ1) is 9.94. The molecule has 2 atom stereocenters. The van der Waals surface area contributed by atoms with Gasteiger partial charge in [0, 0.05) is 6.54 Å². The summed E-state index contributed by atoms with van der Waals surface area (Å²) in [5.74, 6) is -0.353. The lowest BCUT2D eigenvalue weighted by molar-refractivity contribution is -0.123. The van der Waals surface area contributed by atoms with Crippen molar-refractivity contribution in [3.8, 4) is 0 Å². The van der Waals surface area contributed by atoms with E-state index in [1.807, 2.05) is 30.3 Å². The molecule has 1 aliphatic carbocycles. The predicted molar refractivity (Wildman–Crippen MR) is 81.9 cm³/mol.